The number of carbonyl (C=O) groups is 1. The fraction of sp³-hybridized carbons (Fsp3) is 0.560. The third-order valence-corrected chi connectivity index (χ3v) is 6.58. The third kappa shape index (κ3) is 6.43. The number of anilines is 2. The van der Waals surface area contributed by atoms with Crippen molar-refractivity contribution in [3.63, 3.8) is 0 Å². The van der Waals surface area contributed by atoms with Gasteiger partial charge in [0.15, 0.2) is 11.6 Å². The number of nitrogens with zero attached hydrogens (tertiary/aromatic N) is 5. The number of fused-ring (bicyclic) bond motifs is 1. The molecule has 1 amide bonds. The summed E-state index contributed by atoms with van der Waals surface area (Å²) in [5.74, 6) is 0.0792. The number of carbonyl (C=O) groups excluding carboxylic acids is 1. The summed E-state index contributed by atoms with van der Waals surface area (Å²) in [5.41, 5.74) is 8.37. The molecular weight excluding hydrogens is 454 g/mol. The summed E-state index contributed by atoms with van der Waals surface area (Å²) < 4.78 is 32.0. The van der Waals surface area contributed by atoms with Crippen molar-refractivity contribution in [2.75, 3.05) is 56.6 Å². The number of nitrogens with two attached hydrogens (primary N) is 1. The first-order valence-corrected chi connectivity index (χ1v) is 12.4. The van der Waals surface area contributed by atoms with Crippen LogP contribution in [-0.2, 0) is 29.0 Å². The molecule has 2 fully saturated rings. The molecule has 3 aliphatic rings. The van der Waals surface area contributed by atoms with Crippen molar-refractivity contribution in [2.45, 2.75) is 45.7 Å². The molecular formula is C25H34F2N6O2. The lowest BCUT2D eigenvalue weighted by Gasteiger charge is -2.36. The number of aromatic nitrogens is 2. The first kappa shape index (κ1) is 25.2. The molecule has 1 aromatic heterocycles. The van der Waals surface area contributed by atoms with E-state index < -0.39 is 11.6 Å². The fourth-order valence-corrected chi connectivity index (χ4v) is 4.53. The maximum absolute atomic E-state index is 13.9. The standard InChI is InChI=1S/C21H26F2N6O.C4H8O/c1-2-19(30)29-6-5-17-18(13-29)25-20(24)21(26-17)28-9-7-27(8-10-28)12-14-3-4-15(22)11-16(14)23;1-2-4-5-3-1/h3-4,11H,2,5-10,12-13H2,1H3,(H2,24,25);1-4H2. The Labute approximate surface area is 205 Å². The van der Waals surface area contributed by atoms with E-state index in [0.29, 0.717) is 75.9 Å². The summed E-state index contributed by atoms with van der Waals surface area (Å²) in [5, 5.41) is 0. The van der Waals surface area contributed by atoms with E-state index in [1.165, 1.54) is 25.0 Å². The van der Waals surface area contributed by atoms with Crippen LogP contribution < -0.4 is 10.6 Å². The van der Waals surface area contributed by atoms with Gasteiger partial charge in [0.05, 0.1) is 17.9 Å². The third-order valence-electron chi connectivity index (χ3n) is 6.58. The number of amides is 1. The van der Waals surface area contributed by atoms with Crippen molar-refractivity contribution in [2.24, 2.45) is 0 Å². The predicted molar refractivity (Wildman–Crippen MR) is 130 cm³/mol. The van der Waals surface area contributed by atoms with E-state index in [2.05, 4.69) is 14.8 Å². The summed E-state index contributed by atoms with van der Waals surface area (Å²) >= 11 is 0. The second-order valence-corrected chi connectivity index (χ2v) is 9.06. The van der Waals surface area contributed by atoms with Gasteiger partial charge in [0, 0.05) is 77.0 Å². The van der Waals surface area contributed by atoms with Gasteiger partial charge in [-0.1, -0.05) is 13.0 Å². The number of hydrogen-bond acceptors (Lipinski definition) is 7. The lowest BCUT2D eigenvalue weighted by molar-refractivity contribution is -0.131. The highest BCUT2D eigenvalue weighted by Crippen LogP contribution is 2.26. The van der Waals surface area contributed by atoms with E-state index in [9.17, 15) is 13.6 Å². The molecule has 190 valence electrons. The van der Waals surface area contributed by atoms with Crippen molar-refractivity contribution < 1.29 is 18.3 Å². The van der Waals surface area contributed by atoms with Crippen molar-refractivity contribution in [3.05, 3.63) is 46.8 Å². The van der Waals surface area contributed by atoms with Gasteiger partial charge in [0.25, 0.3) is 0 Å². The van der Waals surface area contributed by atoms with Crippen LogP contribution >= 0.6 is 0 Å². The second-order valence-electron chi connectivity index (χ2n) is 9.06. The van der Waals surface area contributed by atoms with E-state index in [1.54, 1.807) is 4.90 Å². The Morgan fingerprint density at radius 1 is 1.06 bits per heavy atom. The monoisotopic (exact) mass is 488 g/mol. The lowest BCUT2D eigenvalue weighted by atomic mass is 10.1. The largest absolute Gasteiger partial charge is 0.381 e. The van der Waals surface area contributed by atoms with Crippen molar-refractivity contribution >= 4 is 17.5 Å². The summed E-state index contributed by atoms with van der Waals surface area (Å²) in [7, 11) is 0. The number of hydrogen-bond donors (Lipinski definition) is 1. The Balaban J connectivity index is 0.000000514. The number of rotatable bonds is 4. The molecule has 0 unspecified atom stereocenters. The van der Waals surface area contributed by atoms with Gasteiger partial charge in [-0.05, 0) is 18.9 Å². The molecule has 4 heterocycles. The average Bonchev–Trinajstić information content (AvgIpc) is 3.45. The maximum atomic E-state index is 13.9. The van der Waals surface area contributed by atoms with Crippen LogP contribution in [0.2, 0.25) is 0 Å². The van der Waals surface area contributed by atoms with Gasteiger partial charge in [0.1, 0.15) is 11.6 Å². The molecule has 10 heteroatoms. The van der Waals surface area contributed by atoms with Crippen LogP contribution in [0.25, 0.3) is 0 Å². The van der Waals surface area contributed by atoms with Crippen molar-refractivity contribution in [3.8, 4) is 0 Å². The zero-order valence-electron chi connectivity index (χ0n) is 20.3. The normalized spacial score (nSPS) is 18.1. The minimum Gasteiger partial charge on any atom is -0.381 e. The quantitative estimate of drug-likeness (QED) is 0.708. The van der Waals surface area contributed by atoms with Gasteiger partial charge >= 0.3 is 0 Å². The minimum atomic E-state index is -0.565. The maximum Gasteiger partial charge on any atom is 0.222 e. The molecule has 0 aliphatic carbocycles. The molecule has 3 aliphatic heterocycles. The van der Waals surface area contributed by atoms with Gasteiger partial charge < -0.3 is 20.3 Å². The SMILES string of the molecule is C1CCOC1.CCC(=O)N1CCc2nc(N3CCN(Cc4ccc(F)cc4F)CC3)c(N)nc2C1. The number of halogens is 2. The van der Waals surface area contributed by atoms with Gasteiger partial charge in [-0.2, -0.15) is 0 Å². The predicted octanol–water partition coefficient (Wildman–Crippen LogP) is 2.75. The van der Waals surface area contributed by atoms with Crippen LogP contribution in [0.3, 0.4) is 0 Å². The summed E-state index contributed by atoms with van der Waals surface area (Å²) in [6, 6.07) is 3.70. The summed E-state index contributed by atoms with van der Waals surface area (Å²) in [6.45, 7) is 8.21. The Bertz CT molecular complexity index is 1020. The minimum absolute atomic E-state index is 0.110. The number of piperazine rings is 1. The Morgan fingerprint density at radius 2 is 1.80 bits per heavy atom. The number of ether oxygens (including phenoxy) is 1. The molecule has 0 spiro atoms. The molecule has 2 saturated heterocycles. The first-order chi connectivity index (χ1) is 16.9. The van der Waals surface area contributed by atoms with Crippen LogP contribution in [0.5, 0.6) is 0 Å². The molecule has 0 atom stereocenters. The van der Waals surface area contributed by atoms with Crippen LogP contribution in [0, 0.1) is 11.6 Å². The van der Waals surface area contributed by atoms with E-state index in [1.807, 2.05) is 6.92 Å². The van der Waals surface area contributed by atoms with Gasteiger partial charge in [0.2, 0.25) is 5.91 Å². The zero-order chi connectivity index (χ0) is 24.8. The van der Waals surface area contributed by atoms with Crippen LogP contribution in [0.15, 0.2) is 18.2 Å². The molecule has 2 aromatic rings. The van der Waals surface area contributed by atoms with Crippen LogP contribution in [-0.4, -0.2) is 71.6 Å². The summed E-state index contributed by atoms with van der Waals surface area (Å²) in [4.78, 5) is 27.3. The zero-order valence-corrected chi connectivity index (χ0v) is 20.3. The second kappa shape index (κ2) is 11.7. The Hall–Kier alpha value is -2.85. The molecule has 0 radical (unpaired) electrons. The molecule has 0 bridgehead atoms. The van der Waals surface area contributed by atoms with E-state index in [4.69, 9.17) is 15.5 Å². The van der Waals surface area contributed by atoms with Crippen LogP contribution in [0.4, 0.5) is 20.4 Å². The molecule has 0 saturated carbocycles. The number of nitrogen functional groups attached to an aromatic ring is 1. The Morgan fingerprint density at radius 3 is 2.43 bits per heavy atom. The van der Waals surface area contributed by atoms with Crippen molar-refractivity contribution in [1.29, 1.82) is 0 Å². The van der Waals surface area contributed by atoms with Crippen molar-refractivity contribution in [1.82, 2.24) is 19.8 Å². The molecule has 2 N–H and O–H groups in total. The molecule has 5 rings (SSSR count). The van der Waals surface area contributed by atoms with Gasteiger partial charge in [-0.15, -0.1) is 0 Å². The smallest absolute Gasteiger partial charge is 0.222 e. The molecule has 35 heavy (non-hydrogen) atoms. The highest BCUT2D eigenvalue weighted by molar-refractivity contribution is 5.76. The van der Waals surface area contributed by atoms with E-state index >= 15 is 0 Å². The highest BCUT2D eigenvalue weighted by Gasteiger charge is 2.26. The lowest BCUT2D eigenvalue weighted by Crippen LogP contribution is -2.47. The van der Waals surface area contributed by atoms with Gasteiger partial charge in [-0.3, -0.25) is 9.69 Å². The number of benzene rings is 1. The first-order valence-electron chi connectivity index (χ1n) is 12.4. The Kier molecular flexibility index (Phi) is 8.46. The molecule has 1 aromatic carbocycles. The van der Waals surface area contributed by atoms with E-state index in [0.717, 1.165) is 30.7 Å². The molecule has 8 nitrogen and oxygen atoms in total. The van der Waals surface area contributed by atoms with Gasteiger partial charge in [-0.25, -0.2) is 18.7 Å². The topological polar surface area (TPSA) is 87.8 Å². The summed E-state index contributed by atoms with van der Waals surface area (Å²) in [6.07, 6.45) is 3.70. The average molecular weight is 489 g/mol. The highest BCUT2D eigenvalue weighted by atomic mass is 19.1. The van der Waals surface area contributed by atoms with E-state index in [-0.39, 0.29) is 5.91 Å². The van der Waals surface area contributed by atoms with Crippen LogP contribution in [0.1, 0.15) is 43.1 Å². The fourth-order valence-electron chi connectivity index (χ4n) is 4.53.